The van der Waals surface area contributed by atoms with E-state index in [0.717, 1.165) is 37.7 Å². The Morgan fingerprint density at radius 1 is 1.29 bits per heavy atom. The number of aromatic nitrogens is 1. The number of carbonyl (C=O) groups excluding carboxylic acids is 1. The van der Waals surface area contributed by atoms with E-state index in [9.17, 15) is 4.79 Å². The predicted molar refractivity (Wildman–Crippen MR) is 81.8 cm³/mol. The molecule has 1 amide bonds. The minimum atomic E-state index is 0.0704. The van der Waals surface area contributed by atoms with Gasteiger partial charge in [0.1, 0.15) is 0 Å². The molecule has 3 N–H and O–H groups in total. The number of nitrogens with two attached hydrogens (primary N) is 1. The summed E-state index contributed by atoms with van der Waals surface area (Å²) in [5.41, 5.74) is 6.99. The van der Waals surface area contributed by atoms with Gasteiger partial charge in [-0.15, -0.1) is 0 Å². The Kier molecular flexibility index (Phi) is 6.63. The molecule has 0 aliphatic heterocycles. The molecule has 5 nitrogen and oxygen atoms in total. The third kappa shape index (κ3) is 6.23. The number of hydrogen-bond acceptors (Lipinski definition) is 4. The minimum Gasteiger partial charge on any atom is -0.376 e. The number of carbonyl (C=O) groups is 1. The molecule has 0 radical (unpaired) electrons. The van der Waals surface area contributed by atoms with Crippen molar-refractivity contribution in [1.82, 2.24) is 10.3 Å². The molecule has 21 heavy (non-hydrogen) atoms. The van der Waals surface area contributed by atoms with Crippen molar-refractivity contribution in [2.75, 3.05) is 13.2 Å². The van der Waals surface area contributed by atoms with Gasteiger partial charge in [0.05, 0.1) is 12.7 Å². The molecular weight excluding hydrogens is 266 g/mol. The summed E-state index contributed by atoms with van der Waals surface area (Å²) in [6.45, 7) is 1.17. The van der Waals surface area contributed by atoms with Crippen LogP contribution >= 0.6 is 0 Å². The maximum atomic E-state index is 11.7. The van der Waals surface area contributed by atoms with Gasteiger partial charge in [0.25, 0.3) is 0 Å². The van der Waals surface area contributed by atoms with Gasteiger partial charge in [-0.05, 0) is 49.8 Å². The standard InChI is InChI=1S/C16H25N3O2/c17-14-2-4-15(5-3-14)21-12-11-19-16(20)6-1-13-7-9-18-10-8-13/h7-10,14-15H,1-6,11-12,17H2,(H,19,20). The van der Waals surface area contributed by atoms with Gasteiger partial charge in [-0.1, -0.05) is 0 Å². The summed E-state index contributed by atoms with van der Waals surface area (Å²) in [4.78, 5) is 15.7. The predicted octanol–water partition coefficient (Wildman–Crippen LogP) is 1.42. The smallest absolute Gasteiger partial charge is 0.220 e. The Balaban J connectivity index is 1.51. The fraction of sp³-hybridized carbons (Fsp3) is 0.625. The third-order valence-electron chi connectivity index (χ3n) is 3.89. The van der Waals surface area contributed by atoms with Crippen molar-refractivity contribution in [2.24, 2.45) is 5.73 Å². The topological polar surface area (TPSA) is 77.2 Å². The van der Waals surface area contributed by atoms with Crippen molar-refractivity contribution >= 4 is 5.91 Å². The molecule has 1 aromatic heterocycles. The molecule has 0 spiro atoms. The van der Waals surface area contributed by atoms with Crippen LogP contribution < -0.4 is 11.1 Å². The Bertz CT molecular complexity index is 417. The van der Waals surface area contributed by atoms with Crippen LogP contribution in [0.3, 0.4) is 0 Å². The number of ether oxygens (including phenoxy) is 1. The van der Waals surface area contributed by atoms with Gasteiger partial charge in [-0.25, -0.2) is 0 Å². The molecule has 0 aromatic carbocycles. The summed E-state index contributed by atoms with van der Waals surface area (Å²) in [7, 11) is 0. The van der Waals surface area contributed by atoms with Crippen LogP contribution in [0.25, 0.3) is 0 Å². The average molecular weight is 291 g/mol. The first kappa shape index (κ1) is 15.9. The molecule has 0 saturated heterocycles. The minimum absolute atomic E-state index is 0.0704. The van der Waals surface area contributed by atoms with Gasteiger partial charge in [0, 0.05) is 31.4 Å². The zero-order valence-corrected chi connectivity index (χ0v) is 12.5. The van der Waals surface area contributed by atoms with Crippen molar-refractivity contribution < 1.29 is 9.53 Å². The van der Waals surface area contributed by atoms with E-state index in [4.69, 9.17) is 10.5 Å². The van der Waals surface area contributed by atoms with E-state index in [0.29, 0.717) is 31.7 Å². The van der Waals surface area contributed by atoms with Crippen LogP contribution in [0.15, 0.2) is 24.5 Å². The third-order valence-corrected chi connectivity index (χ3v) is 3.89. The first-order chi connectivity index (χ1) is 10.2. The molecule has 0 bridgehead atoms. The van der Waals surface area contributed by atoms with Crippen molar-refractivity contribution in [3.8, 4) is 0 Å². The van der Waals surface area contributed by atoms with Crippen LogP contribution in [0, 0.1) is 0 Å². The van der Waals surface area contributed by atoms with Crippen molar-refractivity contribution in [2.45, 2.75) is 50.7 Å². The van der Waals surface area contributed by atoms with E-state index >= 15 is 0 Å². The SMILES string of the molecule is NC1CCC(OCCNC(=O)CCc2ccncc2)CC1. The van der Waals surface area contributed by atoms with Crippen molar-refractivity contribution in [1.29, 1.82) is 0 Å². The molecule has 1 heterocycles. The Labute approximate surface area is 126 Å². The Hall–Kier alpha value is -1.46. The second-order valence-electron chi connectivity index (χ2n) is 5.61. The maximum absolute atomic E-state index is 11.7. The number of nitrogens with one attached hydrogen (secondary N) is 1. The molecule has 1 fully saturated rings. The highest BCUT2D eigenvalue weighted by atomic mass is 16.5. The number of aryl methyl sites for hydroxylation is 1. The molecule has 116 valence electrons. The van der Waals surface area contributed by atoms with Crippen LogP contribution in [0.5, 0.6) is 0 Å². The highest BCUT2D eigenvalue weighted by Crippen LogP contribution is 2.19. The quantitative estimate of drug-likeness (QED) is 0.745. The van der Waals surface area contributed by atoms with E-state index in [1.165, 1.54) is 0 Å². The number of nitrogens with zero attached hydrogens (tertiary/aromatic N) is 1. The van der Waals surface area contributed by atoms with E-state index in [2.05, 4.69) is 10.3 Å². The lowest BCUT2D eigenvalue weighted by Gasteiger charge is -2.26. The fourth-order valence-corrected chi connectivity index (χ4v) is 2.57. The second-order valence-corrected chi connectivity index (χ2v) is 5.61. The average Bonchev–Trinajstić information content (AvgIpc) is 2.52. The summed E-state index contributed by atoms with van der Waals surface area (Å²) in [6.07, 6.45) is 9.23. The molecule has 2 rings (SSSR count). The maximum Gasteiger partial charge on any atom is 0.220 e. The van der Waals surface area contributed by atoms with E-state index in [1.54, 1.807) is 12.4 Å². The molecule has 1 aromatic rings. The summed E-state index contributed by atoms with van der Waals surface area (Å²) in [5, 5.41) is 2.90. The highest BCUT2D eigenvalue weighted by molar-refractivity contribution is 5.76. The lowest BCUT2D eigenvalue weighted by atomic mass is 9.94. The van der Waals surface area contributed by atoms with Crippen LogP contribution in [0.1, 0.15) is 37.7 Å². The zero-order chi connectivity index (χ0) is 14.9. The molecule has 1 aliphatic carbocycles. The summed E-state index contributed by atoms with van der Waals surface area (Å²) in [6, 6.07) is 4.21. The van der Waals surface area contributed by atoms with Gasteiger partial charge in [0.15, 0.2) is 0 Å². The molecule has 5 heteroatoms. The number of rotatable bonds is 7. The lowest BCUT2D eigenvalue weighted by Crippen LogP contribution is -2.33. The van der Waals surface area contributed by atoms with Crippen LogP contribution in [0.2, 0.25) is 0 Å². The number of hydrogen-bond donors (Lipinski definition) is 2. The van der Waals surface area contributed by atoms with Gasteiger partial charge in [0.2, 0.25) is 5.91 Å². The molecule has 1 saturated carbocycles. The summed E-state index contributed by atoms with van der Waals surface area (Å²) >= 11 is 0. The number of pyridine rings is 1. The van der Waals surface area contributed by atoms with Gasteiger partial charge in [-0.2, -0.15) is 0 Å². The highest BCUT2D eigenvalue weighted by Gasteiger charge is 2.18. The van der Waals surface area contributed by atoms with Crippen molar-refractivity contribution in [3.05, 3.63) is 30.1 Å². The van der Waals surface area contributed by atoms with Gasteiger partial charge in [-0.3, -0.25) is 9.78 Å². The summed E-state index contributed by atoms with van der Waals surface area (Å²) < 4.78 is 5.77. The van der Waals surface area contributed by atoms with Gasteiger partial charge < -0.3 is 15.8 Å². The van der Waals surface area contributed by atoms with Crippen molar-refractivity contribution in [3.63, 3.8) is 0 Å². The zero-order valence-electron chi connectivity index (χ0n) is 12.5. The molecule has 1 aliphatic rings. The van der Waals surface area contributed by atoms with Crippen LogP contribution in [0.4, 0.5) is 0 Å². The first-order valence-electron chi connectivity index (χ1n) is 7.77. The Morgan fingerprint density at radius 2 is 2.00 bits per heavy atom. The van der Waals surface area contributed by atoms with E-state index in [-0.39, 0.29) is 5.91 Å². The van der Waals surface area contributed by atoms with E-state index < -0.39 is 0 Å². The fourth-order valence-electron chi connectivity index (χ4n) is 2.57. The van der Waals surface area contributed by atoms with Crippen LogP contribution in [-0.4, -0.2) is 36.2 Å². The largest absolute Gasteiger partial charge is 0.376 e. The Morgan fingerprint density at radius 3 is 2.71 bits per heavy atom. The van der Waals surface area contributed by atoms with E-state index in [1.807, 2.05) is 12.1 Å². The summed E-state index contributed by atoms with van der Waals surface area (Å²) in [5.74, 6) is 0.0704. The van der Waals surface area contributed by atoms with Gasteiger partial charge >= 0.3 is 0 Å². The molecular formula is C16H25N3O2. The second kappa shape index (κ2) is 8.74. The monoisotopic (exact) mass is 291 g/mol. The first-order valence-corrected chi connectivity index (χ1v) is 7.77. The number of amides is 1. The molecule has 0 atom stereocenters. The lowest BCUT2D eigenvalue weighted by molar-refractivity contribution is -0.121. The molecule has 0 unspecified atom stereocenters. The normalized spacial score (nSPS) is 22.0. The van der Waals surface area contributed by atoms with Crippen LogP contribution in [-0.2, 0) is 16.0 Å².